The molecule has 3 heteroatoms. The molecule has 2 heterocycles. The minimum Gasteiger partial charge on any atom is -0.343 e. The number of piperidine rings is 2. The monoisotopic (exact) mass is 388 g/mol. The lowest BCUT2D eigenvalue weighted by molar-refractivity contribution is -0.0504. The summed E-state index contributed by atoms with van der Waals surface area (Å²) in [6.45, 7) is 10.0. The predicted molar refractivity (Wildman–Crippen MR) is 119 cm³/mol. The quantitative estimate of drug-likeness (QED) is 0.690. The van der Waals surface area contributed by atoms with E-state index in [0.717, 1.165) is 48.5 Å². The molecule has 2 aromatic carbocycles. The summed E-state index contributed by atoms with van der Waals surface area (Å²) in [5, 5.41) is 3.49. The molecule has 5 rings (SSSR count). The van der Waals surface area contributed by atoms with Gasteiger partial charge < -0.3 is 5.32 Å². The first kappa shape index (κ1) is 19.9. The van der Waals surface area contributed by atoms with Crippen LogP contribution < -0.4 is 5.32 Å². The minimum atomic E-state index is -0.0451. The third-order valence-corrected chi connectivity index (χ3v) is 7.08. The van der Waals surface area contributed by atoms with E-state index in [1.54, 1.807) is 0 Å². The summed E-state index contributed by atoms with van der Waals surface area (Å²) in [6, 6.07) is 16.6. The van der Waals surface area contributed by atoms with Gasteiger partial charge in [0.2, 0.25) is 0 Å². The lowest BCUT2D eigenvalue weighted by Gasteiger charge is -2.58. The third-order valence-electron chi connectivity index (χ3n) is 7.08. The summed E-state index contributed by atoms with van der Waals surface area (Å²) in [5.41, 5.74) is 4.02. The maximum Gasteiger partial charge on any atom is 0.252 e. The molecule has 3 fully saturated rings. The number of fused-ring (bicyclic) bond motifs is 3. The topological polar surface area (TPSA) is 32.3 Å². The van der Waals surface area contributed by atoms with Gasteiger partial charge in [-0.1, -0.05) is 54.6 Å². The van der Waals surface area contributed by atoms with Crippen molar-refractivity contribution in [3.63, 3.8) is 0 Å². The Hall–Kier alpha value is -2.39. The van der Waals surface area contributed by atoms with Crippen molar-refractivity contribution in [3.05, 3.63) is 83.4 Å². The third kappa shape index (κ3) is 3.64. The van der Waals surface area contributed by atoms with Crippen LogP contribution in [-0.2, 0) is 0 Å². The largest absolute Gasteiger partial charge is 0.343 e. The van der Waals surface area contributed by atoms with Gasteiger partial charge in [0.05, 0.1) is 6.04 Å². The van der Waals surface area contributed by atoms with Crippen LogP contribution in [-0.4, -0.2) is 29.4 Å². The molecule has 29 heavy (non-hydrogen) atoms. The van der Waals surface area contributed by atoms with Crippen molar-refractivity contribution in [3.8, 4) is 0 Å². The Morgan fingerprint density at radius 3 is 2.41 bits per heavy atom. The predicted octanol–water partition coefficient (Wildman–Crippen LogP) is 5.21. The fourth-order valence-corrected chi connectivity index (χ4v) is 5.60. The molecule has 1 saturated carbocycles. The number of hydrogen-bond acceptors (Lipinski definition) is 2. The summed E-state index contributed by atoms with van der Waals surface area (Å²) < 4.78 is 0. The highest BCUT2D eigenvalue weighted by Crippen LogP contribution is 2.49. The molecule has 152 valence electrons. The van der Waals surface area contributed by atoms with E-state index < -0.39 is 0 Å². The second-order valence-electron chi connectivity index (χ2n) is 8.82. The van der Waals surface area contributed by atoms with Gasteiger partial charge in [-0.25, -0.2) is 0 Å². The van der Waals surface area contributed by atoms with Gasteiger partial charge in [-0.05, 0) is 62.1 Å². The maximum atomic E-state index is 13.5. The van der Waals surface area contributed by atoms with Gasteiger partial charge in [0, 0.05) is 24.2 Å². The Bertz CT molecular complexity index is 861. The van der Waals surface area contributed by atoms with Crippen LogP contribution in [0.2, 0.25) is 0 Å². The van der Waals surface area contributed by atoms with E-state index in [-0.39, 0.29) is 17.5 Å². The number of benzene rings is 2. The molecule has 2 aromatic rings. The number of amides is 1. The molecule has 0 spiro atoms. The molecule has 3 nitrogen and oxygen atoms in total. The first-order chi connectivity index (χ1) is 14.0. The first-order valence-corrected chi connectivity index (χ1v) is 10.8. The van der Waals surface area contributed by atoms with Crippen LogP contribution in [0.5, 0.6) is 0 Å². The Labute approximate surface area is 174 Å². The number of carbonyl (C=O) groups is 1. The number of hydrogen-bond donors (Lipinski definition) is 1. The normalized spacial score (nSPS) is 24.8. The highest BCUT2D eigenvalue weighted by molar-refractivity contribution is 5.97. The van der Waals surface area contributed by atoms with Crippen LogP contribution in [0.3, 0.4) is 0 Å². The standard InChI is InChI=1S/C26H32N2O/c1-4-17-28-18-21-13-15-26(28,16-14-21)24(22-11-6-5-7-12-22)27-25(29)23-19(2)9-8-10-20(23)3/h4-12,21,24H,1,13-18H2,2-3H3,(H,27,29). The Kier molecular flexibility index (Phi) is 5.60. The SMILES string of the molecule is C=CCN1CC2CCC1(C(NC(=O)c1c(C)cccc1C)c1ccccc1)CC2. The van der Waals surface area contributed by atoms with Crippen LogP contribution in [0.4, 0.5) is 0 Å². The van der Waals surface area contributed by atoms with E-state index in [9.17, 15) is 4.79 Å². The van der Waals surface area contributed by atoms with E-state index >= 15 is 0 Å². The lowest BCUT2D eigenvalue weighted by atomic mass is 9.65. The van der Waals surface area contributed by atoms with Crippen molar-refractivity contribution in [2.75, 3.05) is 13.1 Å². The molecule has 3 aliphatic rings. The van der Waals surface area contributed by atoms with Crippen LogP contribution >= 0.6 is 0 Å². The van der Waals surface area contributed by atoms with E-state index in [4.69, 9.17) is 0 Å². The van der Waals surface area contributed by atoms with E-state index in [0.29, 0.717) is 0 Å². The van der Waals surface area contributed by atoms with Gasteiger partial charge in [-0.15, -0.1) is 6.58 Å². The zero-order valence-corrected chi connectivity index (χ0v) is 17.7. The van der Waals surface area contributed by atoms with Crippen molar-refractivity contribution in [2.45, 2.75) is 51.1 Å². The van der Waals surface area contributed by atoms with Crippen molar-refractivity contribution in [2.24, 2.45) is 5.92 Å². The molecular weight excluding hydrogens is 356 g/mol. The lowest BCUT2D eigenvalue weighted by Crippen LogP contribution is -2.64. The number of aryl methyl sites for hydroxylation is 2. The zero-order valence-electron chi connectivity index (χ0n) is 17.7. The summed E-state index contributed by atoms with van der Waals surface area (Å²) >= 11 is 0. The average Bonchev–Trinajstić information content (AvgIpc) is 2.74. The van der Waals surface area contributed by atoms with Gasteiger partial charge in [0.1, 0.15) is 0 Å². The average molecular weight is 389 g/mol. The van der Waals surface area contributed by atoms with Gasteiger partial charge in [0.25, 0.3) is 5.91 Å². The Morgan fingerprint density at radius 1 is 1.14 bits per heavy atom. The number of carbonyl (C=O) groups excluding carboxylic acids is 1. The van der Waals surface area contributed by atoms with Crippen LogP contribution in [0.25, 0.3) is 0 Å². The van der Waals surface area contributed by atoms with E-state index in [2.05, 4.69) is 41.1 Å². The van der Waals surface area contributed by atoms with Crippen LogP contribution in [0.15, 0.2) is 61.2 Å². The summed E-state index contributed by atoms with van der Waals surface area (Å²) in [4.78, 5) is 16.1. The molecule has 1 aliphatic carbocycles. The van der Waals surface area contributed by atoms with Crippen LogP contribution in [0.1, 0.15) is 58.8 Å². The number of nitrogens with one attached hydrogen (secondary N) is 1. The van der Waals surface area contributed by atoms with Gasteiger partial charge in [0.15, 0.2) is 0 Å². The molecule has 0 aromatic heterocycles. The Morgan fingerprint density at radius 2 is 1.79 bits per heavy atom. The smallest absolute Gasteiger partial charge is 0.252 e. The van der Waals surface area contributed by atoms with Gasteiger partial charge in [-0.3, -0.25) is 9.69 Å². The minimum absolute atomic E-state index is 0.0311. The van der Waals surface area contributed by atoms with Crippen LogP contribution in [0, 0.1) is 19.8 Å². The maximum absolute atomic E-state index is 13.5. The first-order valence-electron chi connectivity index (χ1n) is 10.8. The summed E-state index contributed by atoms with van der Waals surface area (Å²) in [5.74, 6) is 0.817. The van der Waals surface area contributed by atoms with E-state index in [1.165, 1.54) is 18.4 Å². The summed E-state index contributed by atoms with van der Waals surface area (Å²) in [7, 11) is 0. The van der Waals surface area contributed by atoms with Gasteiger partial charge in [-0.2, -0.15) is 0 Å². The highest BCUT2D eigenvalue weighted by Gasteiger charge is 2.51. The van der Waals surface area contributed by atoms with Crippen molar-refractivity contribution in [1.82, 2.24) is 10.2 Å². The molecule has 2 saturated heterocycles. The molecule has 1 unspecified atom stereocenters. The molecule has 0 radical (unpaired) electrons. The van der Waals surface area contributed by atoms with Crippen molar-refractivity contribution in [1.29, 1.82) is 0 Å². The fourth-order valence-electron chi connectivity index (χ4n) is 5.60. The number of nitrogens with zero attached hydrogens (tertiary/aromatic N) is 1. The number of rotatable bonds is 6. The molecule has 2 bridgehead atoms. The van der Waals surface area contributed by atoms with Crippen molar-refractivity contribution < 1.29 is 4.79 Å². The molecular formula is C26H32N2O. The molecule has 1 N–H and O–H groups in total. The van der Waals surface area contributed by atoms with Gasteiger partial charge >= 0.3 is 0 Å². The molecule has 2 aliphatic heterocycles. The second kappa shape index (κ2) is 8.16. The Balaban J connectivity index is 1.74. The second-order valence-corrected chi connectivity index (χ2v) is 8.82. The fraction of sp³-hybridized carbons (Fsp3) is 0.423. The molecule has 1 atom stereocenters. The van der Waals surface area contributed by atoms with E-state index in [1.807, 2.05) is 44.2 Å². The molecule has 1 amide bonds. The van der Waals surface area contributed by atoms with Crippen molar-refractivity contribution >= 4 is 5.91 Å². The highest BCUT2D eigenvalue weighted by atomic mass is 16.1. The summed E-state index contributed by atoms with van der Waals surface area (Å²) in [6.07, 6.45) is 6.75. The zero-order chi connectivity index (χ0) is 20.4.